The summed E-state index contributed by atoms with van der Waals surface area (Å²) in [5.41, 5.74) is 2.83. The Morgan fingerprint density at radius 1 is 1.15 bits per heavy atom. The Kier molecular flexibility index (Phi) is 5.81. The fraction of sp³-hybridized carbons (Fsp3) is 0.160. The number of hydrogen-bond donors (Lipinski definition) is 1. The van der Waals surface area contributed by atoms with E-state index in [1.54, 1.807) is 47.8 Å². The molecule has 0 saturated carbocycles. The van der Waals surface area contributed by atoms with Crippen LogP contribution >= 0.6 is 11.6 Å². The third-order valence-corrected chi connectivity index (χ3v) is 6.16. The molecule has 0 radical (unpaired) electrons. The molecule has 4 aromatic rings. The van der Waals surface area contributed by atoms with Crippen molar-refractivity contribution in [3.8, 4) is 11.3 Å². The van der Waals surface area contributed by atoms with Gasteiger partial charge in [-0.3, -0.25) is 19.3 Å². The van der Waals surface area contributed by atoms with E-state index in [1.807, 2.05) is 22.9 Å². The van der Waals surface area contributed by atoms with Gasteiger partial charge in [-0.05, 0) is 36.8 Å². The molecule has 4 heterocycles. The van der Waals surface area contributed by atoms with Crippen molar-refractivity contribution in [2.45, 2.75) is 12.5 Å². The number of likely N-dealkylation sites (tertiary alicyclic amines) is 1. The molecule has 0 aliphatic carbocycles. The topological polar surface area (TPSA) is 93.0 Å². The first-order chi connectivity index (χ1) is 16.5. The van der Waals surface area contributed by atoms with Crippen LogP contribution in [0.2, 0.25) is 5.02 Å². The normalized spacial score (nSPS) is 15.4. The molecular weight excluding hydrogens is 452 g/mol. The van der Waals surface area contributed by atoms with Crippen LogP contribution in [0.15, 0.2) is 73.7 Å². The van der Waals surface area contributed by atoms with Gasteiger partial charge in [-0.2, -0.15) is 5.10 Å². The fourth-order valence-electron chi connectivity index (χ4n) is 4.20. The number of carbonyl (C=O) groups excluding carboxylic acids is 2. The van der Waals surface area contributed by atoms with Crippen molar-refractivity contribution in [1.82, 2.24) is 24.6 Å². The van der Waals surface area contributed by atoms with E-state index < -0.39 is 0 Å². The highest BCUT2D eigenvalue weighted by Crippen LogP contribution is 2.35. The molecule has 1 aliphatic rings. The minimum absolute atomic E-state index is 0.0107. The quantitative estimate of drug-likeness (QED) is 0.436. The molecule has 3 aromatic heterocycles. The second-order valence-electron chi connectivity index (χ2n) is 7.99. The van der Waals surface area contributed by atoms with Crippen molar-refractivity contribution in [1.29, 1.82) is 0 Å². The van der Waals surface area contributed by atoms with Crippen molar-refractivity contribution in [3.05, 3.63) is 84.3 Å². The Labute approximate surface area is 200 Å². The molecule has 9 heteroatoms. The van der Waals surface area contributed by atoms with Crippen molar-refractivity contribution < 1.29 is 9.59 Å². The van der Waals surface area contributed by atoms with E-state index >= 15 is 0 Å². The smallest absolute Gasteiger partial charge is 0.256 e. The average molecular weight is 473 g/mol. The Morgan fingerprint density at radius 3 is 2.71 bits per heavy atom. The molecule has 1 aliphatic heterocycles. The molecule has 1 aromatic carbocycles. The van der Waals surface area contributed by atoms with Gasteiger partial charge in [0.15, 0.2) is 0 Å². The zero-order valence-electron chi connectivity index (χ0n) is 18.2. The van der Waals surface area contributed by atoms with Crippen LogP contribution in [0.4, 0.5) is 5.82 Å². The van der Waals surface area contributed by atoms with Crippen molar-refractivity contribution in [2.75, 3.05) is 18.4 Å². The summed E-state index contributed by atoms with van der Waals surface area (Å²) in [5.74, 6) is 0.150. The monoisotopic (exact) mass is 472 g/mol. The zero-order chi connectivity index (χ0) is 23.7. The van der Waals surface area contributed by atoms with E-state index in [-0.39, 0.29) is 17.9 Å². The summed E-state index contributed by atoms with van der Waals surface area (Å²) in [6.45, 7) is 4.75. The lowest BCUT2D eigenvalue weighted by atomic mass is 10.1. The Morgan fingerprint density at radius 2 is 1.97 bits per heavy atom. The van der Waals surface area contributed by atoms with Gasteiger partial charge in [0.1, 0.15) is 11.5 Å². The van der Waals surface area contributed by atoms with Gasteiger partial charge < -0.3 is 10.2 Å². The standard InChI is InChI=1S/C25H21ClN6O2/c1-2-22(33)31-12-10-18(15-31)32-24-19(13-27-14-20(24)26)23(30-32)16-6-8-17(9-7-16)25(34)29-21-5-3-4-11-28-21/h2-9,11,13-14,18H,1,10,12,15H2,(H,28,29,34). The molecule has 1 N–H and O–H groups in total. The van der Waals surface area contributed by atoms with Crippen LogP contribution in [0.5, 0.6) is 0 Å². The van der Waals surface area contributed by atoms with Crippen molar-refractivity contribution in [3.63, 3.8) is 0 Å². The first-order valence-electron chi connectivity index (χ1n) is 10.8. The zero-order valence-corrected chi connectivity index (χ0v) is 18.9. The average Bonchev–Trinajstić information content (AvgIpc) is 3.50. The number of halogens is 1. The number of anilines is 1. The van der Waals surface area contributed by atoms with Crippen LogP contribution < -0.4 is 5.32 Å². The highest BCUT2D eigenvalue weighted by molar-refractivity contribution is 6.35. The number of amides is 2. The van der Waals surface area contributed by atoms with E-state index in [0.29, 0.717) is 29.5 Å². The number of hydrogen-bond acceptors (Lipinski definition) is 5. The van der Waals surface area contributed by atoms with Crippen LogP contribution in [0.3, 0.4) is 0 Å². The van der Waals surface area contributed by atoms with Gasteiger partial charge in [0.05, 0.1) is 16.6 Å². The molecule has 1 saturated heterocycles. The van der Waals surface area contributed by atoms with Gasteiger partial charge in [-0.25, -0.2) is 4.98 Å². The maximum Gasteiger partial charge on any atom is 0.256 e. The van der Waals surface area contributed by atoms with Crippen LogP contribution in [0.1, 0.15) is 22.8 Å². The van der Waals surface area contributed by atoms with Gasteiger partial charge in [0, 0.05) is 48.2 Å². The lowest BCUT2D eigenvalue weighted by molar-refractivity contribution is -0.125. The van der Waals surface area contributed by atoms with Gasteiger partial charge in [0.2, 0.25) is 5.91 Å². The van der Waals surface area contributed by atoms with Crippen molar-refractivity contribution >= 4 is 40.1 Å². The largest absolute Gasteiger partial charge is 0.337 e. The highest BCUT2D eigenvalue weighted by atomic mass is 35.5. The van der Waals surface area contributed by atoms with E-state index in [1.165, 1.54) is 6.08 Å². The molecule has 34 heavy (non-hydrogen) atoms. The molecule has 2 amide bonds. The second-order valence-corrected chi connectivity index (χ2v) is 8.40. The molecule has 1 fully saturated rings. The number of fused-ring (bicyclic) bond motifs is 1. The second kappa shape index (κ2) is 9.07. The maximum atomic E-state index is 12.6. The number of pyridine rings is 2. The number of nitrogens with one attached hydrogen (secondary N) is 1. The summed E-state index contributed by atoms with van der Waals surface area (Å²) in [6, 6.07) is 12.5. The van der Waals surface area contributed by atoms with Gasteiger partial charge in [-0.1, -0.05) is 36.4 Å². The first kappa shape index (κ1) is 21.8. The Balaban J connectivity index is 1.46. The first-order valence-corrected chi connectivity index (χ1v) is 11.2. The summed E-state index contributed by atoms with van der Waals surface area (Å²) in [6.07, 6.45) is 7.05. The molecule has 1 unspecified atom stereocenters. The minimum atomic E-state index is -0.247. The third-order valence-electron chi connectivity index (χ3n) is 5.89. The molecule has 8 nitrogen and oxygen atoms in total. The summed E-state index contributed by atoms with van der Waals surface area (Å²) >= 11 is 6.53. The number of rotatable bonds is 5. The van der Waals surface area contributed by atoms with Crippen LogP contribution in [0, 0.1) is 0 Å². The fourth-order valence-corrected chi connectivity index (χ4v) is 4.44. The summed E-state index contributed by atoms with van der Waals surface area (Å²) in [4.78, 5) is 34.8. The Hall–Kier alpha value is -4.04. The minimum Gasteiger partial charge on any atom is -0.337 e. The van der Waals surface area contributed by atoms with Gasteiger partial charge >= 0.3 is 0 Å². The Bertz CT molecular complexity index is 1380. The molecule has 0 bridgehead atoms. The molecule has 1 atom stereocenters. The van der Waals surface area contributed by atoms with Crippen LogP contribution in [-0.4, -0.2) is 49.6 Å². The highest BCUT2D eigenvalue weighted by Gasteiger charge is 2.29. The van der Waals surface area contributed by atoms with E-state index in [2.05, 4.69) is 21.9 Å². The SMILES string of the molecule is C=CC(=O)N1CCC(n2nc(-c3ccc(C(=O)Nc4ccccn4)cc3)c3cncc(Cl)c32)C1. The van der Waals surface area contributed by atoms with E-state index in [0.717, 1.165) is 28.6 Å². The number of nitrogens with zero attached hydrogens (tertiary/aromatic N) is 5. The summed E-state index contributed by atoms with van der Waals surface area (Å²) < 4.78 is 1.90. The number of benzene rings is 1. The summed E-state index contributed by atoms with van der Waals surface area (Å²) in [5, 5.41) is 8.97. The predicted molar refractivity (Wildman–Crippen MR) is 131 cm³/mol. The van der Waals surface area contributed by atoms with Gasteiger partial charge in [-0.15, -0.1) is 0 Å². The molecule has 170 valence electrons. The molecular formula is C25H21ClN6O2. The number of carbonyl (C=O) groups is 2. The molecule has 5 rings (SSSR count). The van der Waals surface area contributed by atoms with Gasteiger partial charge in [0.25, 0.3) is 5.91 Å². The lowest BCUT2D eigenvalue weighted by Crippen LogP contribution is -2.27. The van der Waals surface area contributed by atoms with Crippen LogP contribution in [-0.2, 0) is 4.79 Å². The predicted octanol–water partition coefficient (Wildman–Crippen LogP) is 4.36. The van der Waals surface area contributed by atoms with Crippen LogP contribution in [0.25, 0.3) is 22.2 Å². The molecule has 0 spiro atoms. The maximum absolute atomic E-state index is 12.6. The lowest BCUT2D eigenvalue weighted by Gasteiger charge is -2.15. The summed E-state index contributed by atoms with van der Waals surface area (Å²) in [7, 11) is 0. The van der Waals surface area contributed by atoms with E-state index in [9.17, 15) is 9.59 Å². The van der Waals surface area contributed by atoms with E-state index in [4.69, 9.17) is 16.7 Å². The number of aromatic nitrogens is 4. The third kappa shape index (κ3) is 4.04. The van der Waals surface area contributed by atoms with Crippen molar-refractivity contribution in [2.24, 2.45) is 0 Å².